The van der Waals surface area contributed by atoms with Crippen LogP contribution in [0.4, 0.5) is 17.3 Å². The number of aliphatic hydroxyl groups excluding tert-OH is 1. The van der Waals surface area contributed by atoms with Crippen molar-refractivity contribution in [1.82, 2.24) is 24.9 Å². The largest absolute Gasteiger partial charge is 0.400 e. The quantitative estimate of drug-likeness (QED) is 0.398. The van der Waals surface area contributed by atoms with Crippen LogP contribution in [0, 0.1) is 5.92 Å². The van der Waals surface area contributed by atoms with Crippen molar-refractivity contribution in [3.05, 3.63) is 46.5 Å². The lowest BCUT2D eigenvalue weighted by Crippen LogP contribution is -2.36. The standard InChI is InChI=1S/C19H25N7O2.CH4O/c1-5-11(2)12(3)23-18(27)13-10-22-26-16(20-4)9-15(25-17(13)26)24-14-7-6-8-21-19(14)28;1-2/h6-12,20H,5H2,1-4H3,(H,21,28)(H,23,27)(H,24,25);2H,1H3. The normalized spacial score (nSPS) is 12.5. The molecule has 10 nitrogen and oxygen atoms in total. The molecule has 3 heterocycles. The summed E-state index contributed by atoms with van der Waals surface area (Å²) in [6.45, 7) is 6.17. The van der Waals surface area contributed by atoms with Gasteiger partial charge in [-0.15, -0.1) is 0 Å². The van der Waals surface area contributed by atoms with E-state index in [-0.39, 0.29) is 17.5 Å². The summed E-state index contributed by atoms with van der Waals surface area (Å²) < 4.78 is 1.56. The SMILES string of the molecule is CCC(C)C(C)NC(=O)c1cnn2c(NC)cc(Nc3ccc[nH]c3=O)nc12.CO. The summed E-state index contributed by atoms with van der Waals surface area (Å²) in [5, 5.41) is 20.3. The number of aromatic nitrogens is 4. The van der Waals surface area contributed by atoms with E-state index in [1.54, 1.807) is 36.0 Å². The molecule has 3 aromatic heterocycles. The molecular formula is C20H29N7O3. The van der Waals surface area contributed by atoms with Crippen molar-refractivity contribution in [1.29, 1.82) is 0 Å². The van der Waals surface area contributed by atoms with Crippen LogP contribution < -0.4 is 21.5 Å². The van der Waals surface area contributed by atoms with Gasteiger partial charge in [0.05, 0.1) is 6.20 Å². The van der Waals surface area contributed by atoms with Crippen LogP contribution in [0.15, 0.2) is 35.4 Å². The Balaban J connectivity index is 0.00000155. The van der Waals surface area contributed by atoms with Crippen LogP contribution in [0.25, 0.3) is 5.65 Å². The van der Waals surface area contributed by atoms with Crippen molar-refractivity contribution in [3.8, 4) is 0 Å². The number of anilines is 3. The molecule has 0 bridgehead atoms. The molecule has 2 atom stereocenters. The van der Waals surface area contributed by atoms with E-state index in [1.165, 1.54) is 6.20 Å². The van der Waals surface area contributed by atoms with Gasteiger partial charge in [0.25, 0.3) is 11.5 Å². The van der Waals surface area contributed by atoms with Crippen LogP contribution in [-0.4, -0.2) is 50.8 Å². The number of nitrogens with one attached hydrogen (secondary N) is 4. The highest BCUT2D eigenvalue weighted by atomic mass is 16.2. The minimum atomic E-state index is -0.260. The second kappa shape index (κ2) is 10.4. The maximum absolute atomic E-state index is 12.8. The number of rotatable bonds is 7. The summed E-state index contributed by atoms with van der Waals surface area (Å²) >= 11 is 0. The second-order valence-corrected chi connectivity index (χ2v) is 6.76. The molecular weight excluding hydrogens is 386 g/mol. The van der Waals surface area contributed by atoms with Gasteiger partial charge < -0.3 is 26.0 Å². The molecule has 30 heavy (non-hydrogen) atoms. The van der Waals surface area contributed by atoms with E-state index in [0.29, 0.717) is 34.5 Å². The molecule has 0 aliphatic rings. The molecule has 0 saturated carbocycles. The van der Waals surface area contributed by atoms with Gasteiger partial charge >= 0.3 is 0 Å². The molecule has 5 N–H and O–H groups in total. The third-order valence-electron chi connectivity index (χ3n) is 4.91. The fourth-order valence-corrected chi connectivity index (χ4v) is 2.80. The van der Waals surface area contributed by atoms with Crippen molar-refractivity contribution in [2.75, 3.05) is 24.8 Å². The predicted octanol–water partition coefficient (Wildman–Crippen LogP) is 1.98. The first-order valence-corrected chi connectivity index (χ1v) is 9.71. The Kier molecular flexibility index (Phi) is 7.93. The van der Waals surface area contributed by atoms with E-state index in [9.17, 15) is 9.59 Å². The molecule has 3 rings (SSSR count). The molecule has 162 valence electrons. The third kappa shape index (κ3) is 4.95. The fraction of sp³-hybridized carbons (Fsp3) is 0.400. The Bertz CT molecular complexity index is 1040. The maximum Gasteiger partial charge on any atom is 0.271 e. The van der Waals surface area contributed by atoms with Crippen molar-refractivity contribution < 1.29 is 9.90 Å². The van der Waals surface area contributed by atoms with Gasteiger partial charge in [0.1, 0.15) is 22.9 Å². The molecule has 10 heteroatoms. The Morgan fingerprint density at radius 3 is 2.70 bits per heavy atom. The number of aliphatic hydroxyl groups is 1. The van der Waals surface area contributed by atoms with Crippen molar-refractivity contribution in [2.45, 2.75) is 33.2 Å². The van der Waals surface area contributed by atoms with Gasteiger partial charge in [-0.1, -0.05) is 20.3 Å². The lowest BCUT2D eigenvalue weighted by Gasteiger charge is -2.19. The Morgan fingerprint density at radius 1 is 1.33 bits per heavy atom. The first-order valence-electron chi connectivity index (χ1n) is 9.71. The van der Waals surface area contributed by atoms with Gasteiger partial charge in [0.15, 0.2) is 5.65 Å². The monoisotopic (exact) mass is 415 g/mol. The highest BCUT2D eigenvalue weighted by Gasteiger charge is 2.20. The molecule has 2 unspecified atom stereocenters. The zero-order valence-electron chi connectivity index (χ0n) is 17.9. The highest BCUT2D eigenvalue weighted by Crippen LogP contribution is 2.21. The summed E-state index contributed by atoms with van der Waals surface area (Å²) in [5.41, 5.74) is 0.870. The third-order valence-corrected chi connectivity index (χ3v) is 4.91. The zero-order chi connectivity index (χ0) is 22.3. The predicted molar refractivity (Wildman–Crippen MR) is 117 cm³/mol. The summed E-state index contributed by atoms with van der Waals surface area (Å²) in [7, 11) is 2.75. The topological polar surface area (TPSA) is 136 Å². The van der Waals surface area contributed by atoms with Crippen LogP contribution >= 0.6 is 0 Å². The Morgan fingerprint density at radius 2 is 2.07 bits per heavy atom. The van der Waals surface area contributed by atoms with Crippen LogP contribution in [0.3, 0.4) is 0 Å². The minimum absolute atomic E-state index is 0.0282. The van der Waals surface area contributed by atoms with Crippen LogP contribution in [0.1, 0.15) is 37.6 Å². The number of carbonyl (C=O) groups is 1. The number of H-pyrrole nitrogens is 1. The number of nitrogens with zero attached hydrogens (tertiary/aromatic N) is 3. The average Bonchev–Trinajstić information content (AvgIpc) is 3.19. The molecule has 0 aliphatic carbocycles. The first-order chi connectivity index (χ1) is 14.4. The van der Waals surface area contributed by atoms with Crippen molar-refractivity contribution in [2.24, 2.45) is 5.92 Å². The molecule has 1 amide bonds. The lowest BCUT2D eigenvalue weighted by molar-refractivity contribution is 0.0929. The van der Waals surface area contributed by atoms with E-state index in [1.807, 2.05) is 6.92 Å². The number of aromatic amines is 1. The molecule has 0 spiro atoms. The number of carbonyl (C=O) groups excluding carboxylic acids is 1. The number of pyridine rings is 1. The number of fused-ring (bicyclic) bond motifs is 1. The highest BCUT2D eigenvalue weighted by molar-refractivity contribution is 6.00. The fourth-order valence-electron chi connectivity index (χ4n) is 2.80. The summed E-state index contributed by atoms with van der Waals surface area (Å²) in [4.78, 5) is 31.8. The Labute approximate surface area is 174 Å². The van der Waals surface area contributed by atoms with Gasteiger partial charge in [0, 0.05) is 32.5 Å². The molecule has 0 fully saturated rings. The molecule has 3 aromatic rings. The van der Waals surface area contributed by atoms with Crippen molar-refractivity contribution in [3.63, 3.8) is 0 Å². The maximum atomic E-state index is 12.8. The first kappa shape index (κ1) is 22.9. The number of hydrogen-bond acceptors (Lipinski definition) is 7. The lowest BCUT2D eigenvalue weighted by atomic mass is 10.0. The molecule has 0 aromatic carbocycles. The van der Waals surface area contributed by atoms with E-state index in [4.69, 9.17) is 5.11 Å². The molecule has 0 aliphatic heterocycles. The van der Waals surface area contributed by atoms with Gasteiger partial charge in [0.2, 0.25) is 0 Å². The van der Waals surface area contributed by atoms with Gasteiger partial charge in [-0.05, 0) is 25.0 Å². The Hall–Kier alpha value is -3.40. The van der Waals surface area contributed by atoms with Gasteiger partial charge in [-0.2, -0.15) is 9.61 Å². The van der Waals surface area contributed by atoms with E-state index in [0.717, 1.165) is 13.5 Å². The summed E-state index contributed by atoms with van der Waals surface area (Å²) in [6, 6.07) is 5.12. The van der Waals surface area contributed by atoms with Crippen LogP contribution in [0.5, 0.6) is 0 Å². The van der Waals surface area contributed by atoms with E-state index in [2.05, 4.69) is 44.9 Å². The minimum Gasteiger partial charge on any atom is -0.400 e. The number of amides is 1. The van der Waals surface area contributed by atoms with Crippen LogP contribution in [-0.2, 0) is 0 Å². The second-order valence-electron chi connectivity index (χ2n) is 6.76. The molecule has 0 saturated heterocycles. The van der Waals surface area contributed by atoms with E-state index >= 15 is 0 Å². The smallest absolute Gasteiger partial charge is 0.271 e. The van der Waals surface area contributed by atoms with Crippen LogP contribution in [0.2, 0.25) is 0 Å². The summed E-state index contributed by atoms with van der Waals surface area (Å²) in [5.74, 6) is 1.19. The zero-order valence-corrected chi connectivity index (χ0v) is 17.9. The summed E-state index contributed by atoms with van der Waals surface area (Å²) in [6.07, 6.45) is 4.03. The number of hydrogen-bond donors (Lipinski definition) is 5. The van der Waals surface area contributed by atoms with Crippen molar-refractivity contribution >= 4 is 28.9 Å². The van der Waals surface area contributed by atoms with Gasteiger partial charge in [-0.25, -0.2) is 4.98 Å². The van der Waals surface area contributed by atoms with Gasteiger partial charge in [-0.3, -0.25) is 9.59 Å². The van der Waals surface area contributed by atoms with E-state index < -0.39 is 0 Å². The average molecular weight is 415 g/mol. The molecule has 0 radical (unpaired) electrons.